The van der Waals surface area contributed by atoms with E-state index in [1.54, 1.807) is 31.2 Å². The Kier molecular flexibility index (Phi) is 5.72. The summed E-state index contributed by atoms with van der Waals surface area (Å²) in [4.78, 5) is 24.0. The van der Waals surface area contributed by atoms with Crippen LogP contribution in [0.5, 0.6) is 5.75 Å². The van der Waals surface area contributed by atoms with Gasteiger partial charge in [0.05, 0.1) is 11.6 Å². The van der Waals surface area contributed by atoms with Gasteiger partial charge in [0, 0.05) is 5.69 Å². The third kappa shape index (κ3) is 4.85. The number of anilines is 1. The molecule has 2 aromatic rings. The first-order chi connectivity index (χ1) is 13.0. The van der Waals surface area contributed by atoms with Crippen molar-refractivity contribution in [3.05, 3.63) is 59.2 Å². The van der Waals surface area contributed by atoms with Crippen LogP contribution in [0.1, 0.15) is 30.0 Å². The number of carbonyl (C=O) groups excluding carboxylic acids is 2. The third-order valence-electron chi connectivity index (χ3n) is 4.36. The zero-order valence-corrected chi connectivity index (χ0v) is 15.0. The number of fused-ring (bicyclic) bond motifs is 1. The van der Waals surface area contributed by atoms with Crippen LogP contribution in [0.25, 0.3) is 0 Å². The molecule has 0 heterocycles. The summed E-state index contributed by atoms with van der Waals surface area (Å²) in [6.07, 6.45) is 2.38. The van der Waals surface area contributed by atoms with Gasteiger partial charge in [-0.3, -0.25) is 4.79 Å². The lowest BCUT2D eigenvalue weighted by atomic mass is 10.1. The van der Waals surface area contributed by atoms with Gasteiger partial charge in [0.25, 0.3) is 5.91 Å². The summed E-state index contributed by atoms with van der Waals surface area (Å²) in [6, 6.07) is 14.3. The second-order valence-corrected chi connectivity index (χ2v) is 6.39. The minimum Gasteiger partial charge on any atom is -0.479 e. The summed E-state index contributed by atoms with van der Waals surface area (Å²) in [6.45, 7) is 1.16. The van der Waals surface area contributed by atoms with Crippen molar-refractivity contribution in [3.63, 3.8) is 0 Å². The van der Waals surface area contributed by atoms with Crippen molar-refractivity contribution >= 4 is 17.6 Å². The van der Waals surface area contributed by atoms with Gasteiger partial charge in [-0.25, -0.2) is 4.79 Å². The average Bonchev–Trinajstić information content (AvgIpc) is 3.14. The fourth-order valence-corrected chi connectivity index (χ4v) is 2.96. The molecule has 138 valence electrons. The summed E-state index contributed by atoms with van der Waals surface area (Å²) in [5.74, 6) is -0.587. The average molecular weight is 364 g/mol. The predicted octanol–water partition coefficient (Wildman–Crippen LogP) is 3.00. The Bertz CT molecular complexity index is 884. The minimum atomic E-state index is -0.870. The summed E-state index contributed by atoms with van der Waals surface area (Å²) in [7, 11) is 0. The normalized spacial score (nSPS) is 13.2. The van der Waals surface area contributed by atoms with E-state index in [2.05, 4.69) is 5.32 Å². The van der Waals surface area contributed by atoms with E-state index < -0.39 is 18.0 Å². The first-order valence-electron chi connectivity index (χ1n) is 8.80. The monoisotopic (exact) mass is 364 g/mol. The molecule has 0 aromatic heterocycles. The van der Waals surface area contributed by atoms with Crippen LogP contribution in [-0.4, -0.2) is 24.6 Å². The number of carbonyl (C=O) groups is 2. The number of nitrogens with zero attached hydrogens (tertiary/aromatic N) is 1. The van der Waals surface area contributed by atoms with Crippen molar-refractivity contribution in [2.75, 3.05) is 11.9 Å². The maximum Gasteiger partial charge on any atom is 0.347 e. The number of esters is 1. The number of hydrogen-bond donors (Lipinski definition) is 1. The molecule has 0 aliphatic heterocycles. The van der Waals surface area contributed by atoms with Crippen LogP contribution in [0.3, 0.4) is 0 Å². The summed E-state index contributed by atoms with van der Waals surface area (Å²) in [5.41, 5.74) is 3.79. The largest absolute Gasteiger partial charge is 0.479 e. The number of nitriles is 1. The Morgan fingerprint density at radius 1 is 1.15 bits per heavy atom. The van der Waals surface area contributed by atoms with Crippen LogP contribution >= 0.6 is 0 Å². The molecule has 0 bridgehead atoms. The maximum absolute atomic E-state index is 12.0. The molecule has 0 unspecified atom stereocenters. The number of rotatable bonds is 6. The summed E-state index contributed by atoms with van der Waals surface area (Å²) >= 11 is 0. The van der Waals surface area contributed by atoms with E-state index in [0.717, 1.165) is 19.3 Å². The second kappa shape index (κ2) is 8.37. The van der Waals surface area contributed by atoms with Crippen molar-refractivity contribution in [3.8, 4) is 11.8 Å². The van der Waals surface area contributed by atoms with Crippen molar-refractivity contribution in [1.82, 2.24) is 0 Å². The maximum atomic E-state index is 12.0. The standard InChI is InChI=1S/C21H20N2O4/c1-14(27-19-9-5-15(12-22)6-10-19)21(25)26-13-20(24)23-18-8-7-16-3-2-4-17(16)11-18/h5-11,14H,2-4,13H2,1H3,(H,23,24)/t14-/m0/s1. The number of aryl methyl sites for hydroxylation is 2. The van der Waals surface area contributed by atoms with Gasteiger partial charge in [-0.1, -0.05) is 6.07 Å². The van der Waals surface area contributed by atoms with Gasteiger partial charge in [-0.15, -0.1) is 0 Å². The molecule has 0 spiro atoms. The van der Waals surface area contributed by atoms with E-state index in [-0.39, 0.29) is 6.61 Å². The Hall–Kier alpha value is -3.33. The van der Waals surface area contributed by atoms with E-state index in [4.69, 9.17) is 14.7 Å². The number of hydrogen-bond acceptors (Lipinski definition) is 5. The van der Waals surface area contributed by atoms with E-state index in [9.17, 15) is 9.59 Å². The molecular formula is C21H20N2O4. The highest BCUT2D eigenvalue weighted by Gasteiger charge is 2.18. The number of nitrogens with one attached hydrogen (secondary N) is 1. The molecule has 2 aromatic carbocycles. The molecule has 0 saturated heterocycles. The van der Waals surface area contributed by atoms with Crippen LogP contribution in [0, 0.1) is 11.3 Å². The van der Waals surface area contributed by atoms with Gasteiger partial charge in [-0.05, 0) is 73.7 Å². The van der Waals surface area contributed by atoms with Crippen molar-refractivity contribution in [2.45, 2.75) is 32.3 Å². The van der Waals surface area contributed by atoms with Gasteiger partial charge in [0.1, 0.15) is 5.75 Å². The predicted molar refractivity (Wildman–Crippen MR) is 99.3 cm³/mol. The summed E-state index contributed by atoms with van der Waals surface area (Å²) < 4.78 is 10.5. The fourth-order valence-electron chi connectivity index (χ4n) is 2.96. The van der Waals surface area contributed by atoms with Gasteiger partial charge >= 0.3 is 5.97 Å². The zero-order valence-electron chi connectivity index (χ0n) is 15.0. The van der Waals surface area contributed by atoms with Gasteiger partial charge in [0.2, 0.25) is 0 Å². The quantitative estimate of drug-likeness (QED) is 0.796. The number of benzene rings is 2. The van der Waals surface area contributed by atoms with Crippen molar-refractivity contribution in [1.29, 1.82) is 5.26 Å². The minimum absolute atomic E-state index is 0.378. The van der Waals surface area contributed by atoms with Crippen LogP contribution in [-0.2, 0) is 27.2 Å². The Morgan fingerprint density at radius 3 is 2.63 bits per heavy atom. The first-order valence-corrected chi connectivity index (χ1v) is 8.80. The van der Waals surface area contributed by atoms with Crippen LogP contribution < -0.4 is 10.1 Å². The number of amides is 1. The molecule has 6 nitrogen and oxygen atoms in total. The molecule has 27 heavy (non-hydrogen) atoms. The fraction of sp³-hybridized carbons (Fsp3) is 0.286. The van der Waals surface area contributed by atoms with Crippen LogP contribution in [0.15, 0.2) is 42.5 Å². The molecule has 0 saturated carbocycles. The van der Waals surface area contributed by atoms with E-state index in [0.29, 0.717) is 17.0 Å². The Balaban J connectivity index is 1.46. The lowest BCUT2D eigenvalue weighted by molar-refractivity contribution is -0.153. The molecule has 1 aliphatic carbocycles. The highest BCUT2D eigenvalue weighted by Crippen LogP contribution is 2.24. The van der Waals surface area contributed by atoms with Crippen molar-refractivity contribution < 1.29 is 19.1 Å². The van der Waals surface area contributed by atoms with Gasteiger partial charge in [0.15, 0.2) is 12.7 Å². The molecule has 1 amide bonds. The summed E-state index contributed by atoms with van der Waals surface area (Å²) in [5, 5.41) is 11.5. The second-order valence-electron chi connectivity index (χ2n) is 6.39. The van der Waals surface area contributed by atoms with Crippen molar-refractivity contribution in [2.24, 2.45) is 0 Å². The first kappa shape index (κ1) is 18.5. The van der Waals surface area contributed by atoms with E-state index >= 15 is 0 Å². The lowest BCUT2D eigenvalue weighted by Gasteiger charge is -2.14. The molecule has 0 radical (unpaired) electrons. The Labute approximate surface area is 157 Å². The highest BCUT2D eigenvalue weighted by atomic mass is 16.6. The smallest absolute Gasteiger partial charge is 0.347 e. The molecule has 1 atom stereocenters. The molecule has 3 rings (SSSR count). The molecular weight excluding hydrogens is 344 g/mol. The lowest BCUT2D eigenvalue weighted by Crippen LogP contribution is -2.29. The van der Waals surface area contributed by atoms with Crippen LogP contribution in [0.4, 0.5) is 5.69 Å². The molecule has 1 aliphatic rings. The van der Waals surface area contributed by atoms with Gasteiger partial charge < -0.3 is 14.8 Å². The number of ether oxygens (including phenoxy) is 2. The third-order valence-corrected chi connectivity index (χ3v) is 4.36. The highest BCUT2D eigenvalue weighted by molar-refractivity contribution is 5.93. The Morgan fingerprint density at radius 2 is 1.89 bits per heavy atom. The molecule has 6 heteroatoms. The van der Waals surface area contributed by atoms with E-state index in [1.807, 2.05) is 24.3 Å². The molecule has 0 fully saturated rings. The van der Waals surface area contributed by atoms with Gasteiger partial charge in [-0.2, -0.15) is 5.26 Å². The zero-order chi connectivity index (χ0) is 19.2. The SMILES string of the molecule is C[C@H](Oc1ccc(C#N)cc1)C(=O)OCC(=O)Nc1ccc2c(c1)CCC2. The molecule has 1 N–H and O–H groups in total. The van der Waals surface area contributed by atoms with E-state index in [1.165, 1.54) is 11.1 Å². The van der Waals surface area contributed by atoms with Crippen LogP contribution in [0.2, 0.25) is 0 Å². The topological polar surface area (TPSA) is 88.4 Å².